The van der Waals surface area contributed by atoms with Crippen molar-refractivity contribution in [3.8, 4) is 5.75 Å². The SMILES string of the molecule is Cc1ccc(Br)cc1OCCN.Cl. The van der Waals surface area contributed by atoms with Crippen LogP contribution in [0.5, 0.6) is 5.75 Å². The number of aryl methyl sites for hydroxylation is 1. The van der Waals surface area contributed by atoms with Crippen molar-refractivity contribution in [3.63, 3.8) is 0 Å². The van der Waals surface area contributed by atoms with Crippen LogP contribution in [-0.4, -0.2) is 13.2 Å². The fourth-order valence-electron chi connectivity index (χ4n) is 0.898. The number of rotatable bonds is 3. The Morgan fingerprint density at radius 3 is 2.77 bits per heavy atom. The van der Waals surface area contributed by atoms with Crippen LogP contribution in [0.15, 0.2) is 22.7 Å². The fraction of sp³-hybridized carbons (Fsp3) is 0.333. The van der Waals surface area contributed by atoms with Crippen LogP contribution in [0, 0.1) is 6.92 Å². The van der Waals surface area contributed by atoms with Gasteiger partial charge in [0, 0.05) is 11.0 Å². The molecule has 0 unspecified atom stereocenters. The zero-order chi connectivity index (χ0) is 8.97. The highest BCUT2D eigenvalue weighted by Gasteiger charge is 1.98. The number of ether oxygens (including phenoxy) is 1. The van der Waals surface area contributed by atoms with Gasteiger partial charge in [0.1, 0.15) is 12.4 Å². The van der Waals surface area contributed by atoms with Gasteiger partial charge in [-0.15, -0.1) is 12.4 Å². The molecule has 0 saturated carbocycles. The molecular weight excluding hydrogens is 253 g/mol. The zero-order valence-electron chi connectivity index (χ0n) is 7.42. The third kappa shape index (κ3) is 3.98. The first-order valence-corrected chi connectivity index (χ1v) is 4.62. The summed E-state index contributed by atoms with van der Waals surface area (Å²) in [4.78, 5) is 0. The van der Waals surface area contributed by atoms with Gasteiger partial charge in [-0.25, -0.2) is 0 Å². The second-order valence-electron chi connectivity index (χ2n) is 2.55. The van der Waals surface area contributed by atoms with E-state index in [1.165, 1.54) is 0 Å². The lowest BCUT2D eigenvalue weighted by Gasteiger charge is -2.07. The number of nitrogens with two attached hydrogens (primary N) is 1. The summed E-state index contributed by atoms with van der Waals surface area (Å²) in [6.07, 6.45) is 0. The maximum atomic E-state index is 5.41. The van der Waals surface area contributed by atoms with Gasteiger partial charge in [0.15, 0.2) is 0 Å². The molecule has 0 amide bonds. The summed E-state index contributed by atoms with van der Waals surface area (Å²) in [6.45, 7) is 3.13. The third-order valence-corrected chi connectivity index (χ3v) is 2.02. The summed E-state index contributed by atoms with van der Waals surface area (Å²) in [7, 11) is 0. The predicted octanol–water partition coefficient (Wildman–Crippen LogP) is 2.52. The molecule has 0 aliphatic heterocycles. The summed E-state index contributed by atoms with van der Waals surface area (Å²) < 4.78 is 6.44. The van der Waals surface area contributed by atoms with Gasteiger partial charge in [-0.05, 0) is 24.6 Å². The van der Waals surface area contributed by atoms with Crippen molar-refractivity contribution >= 4 is 28.3 Å². The second-order valence-corrected chi connectivity index (χ2v) is 3.46. The molecule has 0 atom stereocenters. The van der Waals surface area contributed by atoms with Gasteiger partial charge in [-0.1, -0.05) is 22.0 Å². The van der Waals surface area contributed by atoms with Crippen molar-refractivity contribution in [3.05, 3.63) is 28.2 Å². The highest BCUT2D eigenvalue weighted by Crippen LogP contribution is 2.22. The van der Waals surface area contributed by atoms with E-state index in [0.29, 0.717) is 13.2 Å². The van der Waals surface area contributed by atoms with Crippen LogP contribution >= 0.6 is 28.3 Å². The minimum absolute atomic E-state index is 0. The summed E-state index contributed by atoms with van der Waals surface area (Å²) in [6, 6.07) is 5.95. The van der Waals surface area contributed by atoms with Crippen LogP contribution in [0.3, 0.4) is 0 Å². The largest absolute Gasteiger partial charge is 0.492 e. The van der Waals surface area contributed by atoms with Gasteiger partial charge >= 0.3 is 0 Å². The van der Waals surface area contributed by atoms with E-state index in [-0.39, 0.29) is 12.4 Å². The lowest BCUT2D eigenvalue weighted by molar-refractivity contribution is 0.326. The van der Waals surface area contributed by atoms with Crippen LogP contribution in [0.4, 0.5) is 0 Å². The third-order valence-electron chi connectivity index (χ3n) is 1.53. The first-order chi connectivity index (χ1) is 5.74. The number of hydrogen-bond donors (Lipinski definition) is 1. The molecule has 0 spiro atoms. The molecular formula is C9H13BrClNO. The summed E-state index contributed by atoms with van der Waals surface area (Å²) in [5.74, 6) is 0.898. The quantitative estimate of drug-likeness (QED) is 0.912. The Hall–Kier alpha value is -0.250. The minimum atomic E-state index is 0. The van der Waals surface area contributed by atoms with E-state index < -0.39 is 0 Å². The lowest BCUT2D eigenvalue weighted by atomic mass is 10.2. The average Bonchev–Trinajstić information content (AvgIpc) is 2.07. The molecule has 0 radical (unpaired) electrons. The molecule has 2 N–H and O–H groups in total. The van der Waals surface area contributed by atoms with Gasteiger partial charge in [0.05, 0.1) is 0 Å². The Kier molecular flexibility index (Phi) is 6.12. The molecule has 0 saturated heterocycles. The van der Waals surface area contributed by atoms with Crippen LogP contribution in [0.1, 0.15) is 5.56 Å². The molecule has 0 fully saturated rings. The molecule has 74 valence electrons. The second kappa shape index (κ2) is 6.24. The van der Waals surface area contributed by atoms with E-state index in [4.69, 9.17) is 10.5 Å². The monoisotopic (exact) mass is 265 g/mol. The van der Waals surface area contributed by atoms with E-state index >= 15 is 0 Å². The van der Waals surface area contributed by atoms with Gasteiger partial charge in [-0.2, -0.15) is 0 Å². The average molecular weight is 267 g/mol. The summed E-state index contributed by atoms with van der Waals surface area (Å²) in [5.41, 5.74) is 6.46. The maximum absolute atomic E-state index is 5.41. The standard InChI is InChI=1S/C9H12BrNO.ClH/c1-7-2-3-8(10)6-9(7)12-5-4-11;/h2-3,6H,4-5,11H2,1H3;1H. The van der Waals surface area contributed by atoms with Crippen LogP contribution in [0.25, 0.3) is 0 Å². The number of hydrogen-bond acceptors (Lipinski definition) is 2. The van der Waals surface area contributed by atoms with Crippen molar-refractivity contribution in [1.82, 2.24) is 0 Å². The van der Waals surface area contributed by atoms with Crippen molar-refractivity contribution < 1.29 is 4.74 Å². The number of halogens is 2. The molecule has 13 heavy (non-hydrogen) atoms. The molecule has 1 aromatic rings. The molecule has 2 nitrogen and oxygen atoms in total. The Morgan fingerprint density at radius 2 is 2.15 bits per heavy atom. The van der Waals surface area contributed by atoms with Crippen molar-refractivity contribution in [2.75, 3.05) is 13.2 Å². The summed E-state index contributed by atoms with van der Waals surface area (Å²) >= 11 is 3.38. The summed E-state index contributed by atoms with van der Waals surface area (Å²) in [5, 5.41) is 0. The molecule has 0 bridgehead atoms. The molecule has 0 aliphatic rings. The Labute approximate surface area is 93.0 Å². The van der Waals surface area contributed by atoms with Crippen molar-refractivity contribution in [2.24, 2.45) is 5.73 Å². The van der Waals surface area contributed by atoms with Gasteiger partial charge in [-0.3, -0.25) is 0 Å². The molecule has 4 heteroatoms. The van der Waals surface area contributed by atoms with Gasteiger partial charge in [0.25, 0.3) is 0 Å². The minimum Gasteiger partial charge on any atom is -0.492 e. The van der Waals surface area contributed by atoms with E-state index in [9.17, 15) is 0 Å². The Bertz CT molecular complexity index is 268. The fourth-order valence-corrected chi connectivity index (χ4v) is 1.24. The predicted molar refractivity (Wildman–Crippen MR) is 60.7 cm³/mol. The van der Waals surface area contributed by atoms with E-state index in [0.717, 1.165) is 15.8 Å². The van der Waals surface area contributed by atoms with Crippen molar-refractivity contribution in [2.45, 2.75) is 6.92 Å². The molecule has 0 aromatic heterocycles. The topological polar surface area (TPSA) is 35.2 Å². The highest BCUT2D eigenvalue weighted by molar-refractivity contribution is 9.10. The molecule has 0 aliphatic carbocycles. The smallest absolute Gasteiger partial charge is 0.123 e. The van der Waals surface area contributed by atoms with E-state index in [2.05, 4.69) is 15.9 Å². The first-order valence-electron chi connectivity index (χ1n) is 3.83. The van der Waals surface area contributed by atoms with E-state index in [1.807, 2.05) is 25.1 Å². The normalized spacial score (nSPS) is 9.15. The Balaban J connectivity index is 0.00000144. The van der Waals surface area contributed by atoms with Crippen molar-refractivity contribution in [1.29, 1.82) is 0 Å². The lowest BCUT2D eigenvalue weighted by Crippen LogP contribution is -2.11. The Morgan fingerprint density at radius 1 is 1.46 bits per heavy atom. The van der Waals surface area contributed by atoms with Crippen LogP contribution < -0.4 is 10.5 Å². The zero-order valence-corrected chi connectivity index (χ0v) is 9.82. The maximum Gasteiger partial charge on any atom is 0.123 e. The first kappa shape index (κ1) is 12.8. The molecule has 1 aromatic carbocycles. The van der Waals surface area contributed by atoms with Gasteiger partial charge < -0.3 is 10.5 Å². The molecule has 1 rings (SSSR count). The van der Waals surface area contributed by atoms with E-state index in [1.54, 1.807) is 0 Å². The van der Waals surface area contributed by atoms with Crippen LogP contribution in [-0.2, 0) is 0 Å². The number of benzene rings is 1. The molecule has 0 heterocycles. The highest BCUT2D eigenvalue weighted by atomic mass is 79.9. The van der Waals surface area contributed by atoms with Crippen LogP contribution in [0.2, 0.25) is 0 Å². The van der Waals surface area contributed by atoms with Gasteiger partial charge in [0.2, 0.25) is 0 Å².